The molecule has 3 aromatic carbocycles. The molecule has 0 unspecified atom stereocenters. The van der Waals surface area contributed by atoms with Gasteiger partial charge in [-0.3, -0.25) is 4.57 Å². The molecule has 142 valence electrons. The van der Waals surface area contributed by atoms with Gasteiger partial charge in [0.15, 0.2) is 0 Å². The van der Waals surface area contributed by atoms with E-state index in [0.717, 1.165) is 29.6 Å². The molecule has 1 aromatic heterocycles. The molecular weight excluding hydrogens is 360 g/mol. The monoisotopic (exact) mass is 386 g/mol. The number of rotatable bonds is 7. The van der Waals surface area contributed by atoms with Crippen LogP contribution >= 0.6 is 11.8 Å². The molecule has 3 heteroatoms. The van der Waals surface area contributed by atoms with Crippen LogP contribution in [0.15, 0.2) is 78.0 Å². The minimum atomic E-state index is 0.981. The number of hydrogen-bond acceptors (Lipinski definition) is 2. The van der Waals surface area contributed by atoms with Crippen molar-refractivity contribution in [1.82, 2.24) is 9.55 Å². The second-order valence-electron chi connectivity index (χ2n) is 7.14. The standard InChI is InChI=1S/C25H26N2S/c1-3-5-20-10-12-22(13-11-20)27-18-26-24-16-23(14-15-25(24)27)28-17-21-8-6-19(4-2)7-9-21/h6-16,18H,3-5,17H2,1-2H3. The first-order valence-electron chi connectivity index (χ1n) is 10.0. The second kappa shape index (κ2) is 8.66. The van der Waals surface area contributed by atoms with Crippen LogP contribution < -0.4 is 0 Å². The molecule has 0 bridgehead atoms. The fourth-order valence-electron chi connectivity index (χ4n) is 3.44. The molecule has 2 nitrogen and oxygen atoms in total. The van der Waals surface area contributed by atoms with Crippen LogP contribution in [-0.4, -0.2) is 9.55 Å². The van der Waals surface area contributed by atoms with Gasteiger partial charge in [0, 0.05) is 16.3 Å². The van der Waals surface area contributed by atoms with Crippen LogP contribution in [0.25, 0.3) is 16.7 Å². The summed E-state index contributed by atoms with van der Waals surface area (Å²) in [5.41, 5.74) is 7.51. The van der Waals surface area contributed by atoms with Crippen molar-refractivity contribution in [1.29, 1.82) is 0 Å². The maximum atomic E-state index is 4.64. The smallest absolute Gasteiger partial charge is 0.100 e. The summed E-state index contributed by atoms with van der Waals surface area (Å²) >= 11 is 1.87. The summed E-state index contributed by atoms with van der Waals surface area (Å²) in [6.45, 7) is 4.41. The van der Waals surface area contributed by atoms with Crippen molar-refractivity contribution in [3.63, 3.8) is 0 Å². The second-order valence-corrected chi connectivity index (χ2v) is 8.19. The van der Waals surface area contributed by atoms with Crippen LogP contribution in [0.5, 0.6) is 0 Å². The lowest BCUT2D eigenvalue weighted by Gasteiger charge is -2.07. The Morgan fingerprint density at radius 3 is 2.25 bits per heavy atom. The van der Waals surface area contributed by atoms with Crippen molar-refractivity contribution in [2.75, 3.05) is 0 Å². The van der Waals surface area contributed by atoms with E-state index in [2.05, 4.69) is 90.1 Å². The summed E-state index contributed by atoms with van der Waals surface area (Å²) in [5, 5.41) is 0. The van der Waals surface area contributed by atoms with Crippen LogP contribution in [0.3, 0.4) is 0 Å². The van der Waals surface area contributed by atoms with Gasteiger partial charge >= 0.3 is 0 Å². The minimum Gasteiger partial charge on any atom is -0.299 e. The van der Waals surface area contributed by atoms with Gasteiger partial charge in [0.25, 0.3) is 0 Å². The van der Waals surface area contributed by atoms with E-state index in [1.165, 1.54) is 33.7 Å². The third-order valence-corrected chi connectivity index (χ3v) is 6.17. The number of hydrogen-bond donors (Lipinski definition) is 0. The zero-order valence-electron chi connectivity index (χ0n) is 16.6. The van der Waals surface area contributed by atoms with Gasteiger partial charge in [-0.25, -0.2) is 4.98 Å². The van der Waals surface area contributed by atoms with Gasteiger partial charge in [-0.05, 0) is 59.9 Å². The molecule has 0 amide bonds. The Bertz CT molecular complexity index is 1050. The van der Waals surface area contributed by atoms with Crippen LogP contribution in [0.1, 0.15) is 37.0 Å². The molecule has 1 heterocycles. The summed E-state index contributed by atoms with van der Waals surface area (Å²) in [4.78, 5) is 5.90. The number of aromatic nitrogens is 2. The van der Waals surface area contributed by atoms with E-state index in [-0.39, 0.29) is 0 Å². The molecule has 0 fully saturated rings. The zero-order chi connectivity index (χ0) is 19.3. The first-order chi connectivity index (χ1) is 13.8. The number of imidazole rings is 1. The summed E-state index contributed by atoms with van der Waals surface area (Å²) in [5.74, 6) is 0.981. The fourth-order valence-corrected chi connectivity index (χ4v) is 4.32. The molecule has 28 heavy (non-hydrogen) atoms. The molecular formula is C25H26N2S. The van der Waals surface area contributed by atoms with Crippen LogP contribution in [0, 0.1) is 0 Å². The Morgan fingerprint density at radius 1 is 0.821 bits per heavy atom. The van der Waals surface area contributed by atoms with E-state index in [1.54, 1.807) is 0 Å². The van der Waals surface area contributed by atoms with Gasteiger partial charge in [-0.2, -0.15) is 0 Å². The molecule has 4 aromatic rings. The average Bonchev–Trinajstić information content (AvgIpc) is 3.17. The highest BCUT2D eigenvalue weighted by atomic mass is 32.2. The van der Waals surface area contributed by atoms with Gasteiger partial charge < -0.3 is 0 Å². The summed E-state index contributed by atoms with van der Waals surface area (Å²) < 4.78 is 2.17. The third-order valence-electron chi connectivity index (χ3n) is 5.11. The van der Waals surface area contributed by atoms with Crippen LogP contribution in [0.4, 0.5) is 0 Å². The first-order valence-corrected chi connectivity index (χ1v) is 11.0. The number of nitrogens with zero attached hydrogens (tertiary/aromatic N) is 2. The molecule has 0 aliphatic heterocycles. The topological polar surface area (TPSA) is 17.8 Å². The summed E-state index contributed by atoms with van der Waals surface area (Å²) in [6.07, 6.45) is 5.33. The summed E-state index contributed by atoms with van der Waals surface area (Å²) in [6, 6.07) is 24.3. The van der Waals surface area contributed by atoms with Gasteiger partial charge in [-0.15, -0.1) is 11.8 Å². The van der Waals surface area contributed by atoms with Crippen molar-refractivity contribution >= 4 is 22.8 Å². The van der Waals surface area contributed by atoms with Crippen molar-refractivity contribution in [2.45, 2.75) is 43.8 Å². The van der Waals surface area contributed by atoms with Gasteiger partial charge in [0.2, 0.25) is 0 Å². The predicted molar refractivity (Wildman–Crippen MR) is 120 cm³/mol. The first kappa shape index (κ1) is 18.8. The van der Waals surface area contributed by atoms with E-state index >= 15 is 0 Å². The molecule has 0 atom stereocenters. The Balaban J connectivity index is 1.50. The SMILES string of the molecule is CCCc1ccc(-n2cnc3cc(SCc4ccc(CC)cc4)ccc32)cc1. The number of aryl methyl sites for hydroxylation is 2. The lowest BCUT2D eigenvalue weighted by Crippen LogP contribution is -1.92. The van der Waals surface area contributed by atoms with Crippen LogP contribution in [0.2, 0.25) is 0 Å². The van der Waals surface area contributed by atoms with Crippen molar-refractivity contribution in [2.24, 2.45) is 0 Å². The molecule has 0 aliphatic rings. The number of fused-ring (bicyclic) bond motifs is 1. The maximum absolute atomic E-state index is 4.64. The number of thioether (sulfide) groups is 1. The molecule has 0 spiro atoms. The average molecular weight is 387 g/mol. The van der Waals surface area contributed by atoms with Crippen LogP contribution in [-0.2, 0) is 18.6 Å². The van der Waals surface area contributed by atoms with Crippen molar-refractivity contribution in [3.8, 4) is 5.69 Å². The maximum Gasteiger partial charge on any atom is 0.100 e. The summed E-state index contributed by atoms with van der Waals surface area (Å²) in [7, 11) is 0. The molecule has 0 saturated carbocycles. The van der Waals surface area contributed by atoms with Gasteiger partial charge in [0.1, 0.15) is 6.33 Å². The van der Waals surface area contributed by atoms with E-state index in [0.29, 0.717) is 0 Å². The highest BCUT2D eigenvalue weighted by Gasteiger charge is 2.06. The van der Waals surface area contributed by atoms with Gasteiger partial charge in [0.05, 0.1) is 11.0 Å². The van der Waals surface area contributed by atoms with Crippen molar-refractivity contribution < 1.29 is 0 Å². The van der Waals surface area contributed by atoms with Crippen molar-refractivity contribution in [3.05, 3.63) is 89.7 Å². The molecule has 0 radical (unpaired) electrons. The van der Waals surface area contributed by atoms with E-state index in [1.807, 2.05) is 18.1 Å². The molecule has 0 saturated heterocycles. The zero-order valence-corrected chi connectivity index (χ0v) is 17.4. The fraction of sp³-hybridized carbons (Fsp3) is 0.240. The lowest BCUT2D eigenvalue weighted by atomic mass is 10.1. The highest BCUT2D eigenvalue weighted by molar-refractivity contribution is 7.98. The Morgan fingerprint density at radius 2 is 1.54 bits per heavy atom. The van der Waals surface area contributed by atoms with E-state index in [4.69, 9.17) is 0 Å². The molecule has 4 rings (SSSR count). The Hall–Kier alpha value is -2.52. The third kappa shape index (κ3) is 4.15. The molecule has 0 N–H and O–H groups in total. The Kier molecular flexibility index (Phi) is 5.82. The molecule has 0 aliphatic carbocycles. The normalized spacial score (nSPS) is 11.2. The minimum absolute atomic E-state index is 0.981. The Labute approximate surface area is 171 Å². The lowest BCUT2D eigenvalue weighted by molar-refractivity contribution is 0.920. The highest BCUT2D eigenvalue weighted by Crippen LogP contribution is 2.27. The largest absolute Gasteiger partial charge is 0.299 e. The van der Waals surface area contributed by atoms with E-state index in [9.17, 15) is 0 Å². The quantitative estimate of drug-likeness (QED) is 0.324. The number of benzene rings is 3. The predicted octanol–water partition coefficient (Wildman–Crippen LogP) is 6.83. The van der Waals surface area contributed by atoms with Gasteiger partial charge in [-0.1, -0.05) is 56.7 Å². The van der Waals surface area contributed by atoms with E-state index < -0.39 is 0 Å².